The highest BCUT2D eigenvalue weighted by atomic mass is 32.2. The van der Waals surface area contributed by atoms with E-state index in [1.54, 1.807) is 0 Å². The van der Waals surface area contributed by atoms with Crippen molar-refractivity contribution < 1.29 is 13.0 Å². The fourth-order valence-corrected chi connectivity index (χ4v) is 4.89. The third-order valence-electron chi connectivity index (χ3n) is 5.38. The Labute approximate surface area is 163 Å². The fraction of sp³-hybridized carbons (Fsp3) is 1.00. The maximum atomic E-state index is 12.0. The van der Waals surface area contributed by atoms with Gasteiger partial charge in [-0.25, -0.2) is 0 Å². The van der Waals surface area contributed by atoms with Gasteiger partial charge in [0, 0.05) is 0 Å². The summed E-state index contributed by atoms with van der Waals surface area (Å²) in [6, 6.07) is 0. The van der Waals surface area contributed by atoms with E-state index < -0.39 is 15.4 Å². The van der Waals surface area contributed by atoms with Crippen LogP contribution in [-0.2, 0) is 10.1 Å². The Morgan fingerprint density at radius 3 is 1.58 bits per heavy atom. The molecule has 2 atom stereocenters. The van der Waals surface area contributed by atoms with Crippen LogP contribution in [-0.4, -0.2) is 43.8 Å². The van der Waals surface area contributed by atoms with Gasteiger partial charge in [0.1, 0.15) is 0 Å². The van der Waals surface area contributed by atoms with Gasteiger partial charge in [0.15, 0.2) is 0 Å². The minimum atomic E-state index is -3.98. The van der Waals surface area contributed by atoms with Crippen LogP contribution in [0.2, 0.25) is 0 Å². The highest BCUT2D eigenvalue weighted by Gasteiger charge is 2.31. The summed E-state index contributed by atoms with van der Waals surface area (Å²) in [5.41, 5.74) is 0. The quantitative estimate of drug-likeness (QED) is 0.233. The summed E-state index contributed by atoms with van der Waals surface area (Å²) in [7, 11) is -0.0799. The molecule has 0 fully saturated rings. The Morgan fingerprint density at radius 2 is 1.15 bits per heavy atom. The fourth-order valence-electron chi connectivity index (χ4n) is 3.73. The van der Waals surface area contributed by atoms with Crippen molar-refractivity contribution >= 4 is 10.1 Å². The molecule has 0 aliphatic rings. The molecule has 26 heavy (non-hydrogen) atoms. The molecular formula is C21H45NO3S. The first-order chi connectivity index (χ1) is 12.3. The van der Waals surface area contributed by atoms with Gasteiger partial charge in [0.25, 0.3) is 10.1 Å². The Morgan fingerprint density at radius 1 is 0.731 bits per heavy atom. The first-order valence-corrected chi connectivity index (χ1v) is 12.4. The van der Waals surface area contributed by atoms with Gasteiger partial charge >= 0.3 is 0 Å². The standard InChI is InChI=1S/C21H45NO3S/c1-5-7-9-11-12-13-15-17-20(16-14-10-8-6-2)21(26(23,24)25)18-19-22(3)4/h20-21H,5-19H2,1-4H3,(H,23,24,25). The monoisotopic (exact) mass is 391 g/mol. The van der Waals surface area contributed by atoms with Crippen LogP contribution >= 0.6 is 0 Å². The van der Waals surface area contributed by atoms with E-state index in [0.29, 0.717) is 13.0 Å². The molecule has 158 valence electrons. The van der Waals surface area contributed by atoms with Crippen LogP contribution in [0.1, 0.15) is 104 Å². The Kier molecular flexibility index (Phi) is 15.8. The summed E-state index contributed by atoms with van der Waals surface area (Å²) in [4.78, 5) is 2.00. The summed E-state index contributed by atoms with van der Waals surface area (Å²) < 4.78 is 33.9. The molecule has 0 bridgehead atoms. The van der Waals surface area contributed by atoms with Crippen molar-refractivity contribution in [2.45, 2.75) is 109 Å². The smallest absolute Gasteiger partial charge is 0.268 e. The van der Waals surface area contributed by atoms with Crippen LogP contribution in [0.15, 0.2) is 0 Å². The molecule has 0 spiro atoms. The van der Waals surface area contributed by atoms with Gasteiger partial charge < -0.3 is 4.90 Å². The lowest BCUT2D eigenvalue weighted by atomic mass is 9.90. The lowest BCUT2D eigenvalue weighted by Crippen LogP contribution is -2.33. The van der Waals surface area contributed by atoms with Crippen molar-refractivity contribution in [3.05, 3.63) is 0 Å². The highest BCUT2D eigenvalue weighted by molar-refractivity contribution is 7.86. The van der Waals surface area contributed by atoms with Gasteiger partial charge in [-0.15, -0.1) is 0 Å². The molecule has 4 nitrogen and oxygen atoms in total. The lowest BCUT2D eigenvalue weighted by Gasteiger charge is -2.26. The molecule has 0 amide bonds. The Balaban J connectivity index is 4.60. The van der Waals surface area contributed by atoms with E-state index in [2.05, 4.69) is 13.8 Å². The van der Waals surface area contributed by atoms with Gasteiger partial charge in [0.05, 0.1) is 5.25 Å². The Bertz CT molecular complexity index is 409. The van der Waals surface area contributed by atoms with Crippen molar-refractivity contribution in [2.75, 3.05) is 20.6 Å². The highest BCUT2D eigenvalue weighted by Crippen LogP contribution is 2.28. The third-order valence-corrected chi connectivity index (χ3v) is 6.76. The van der Waals surface area contributed by atoms with E-state index in [4.69, 9.17) is 0 Å². The summed E-state index contributed by atoms with van der Waals surface area (Å²) >= 11 is 0. The third kappa shape index (κ3) is 14.0. The second kappa shape index (κ2) is 15.9. The second-order valence-electron chi connectivity index (χ2n) is 8.16. The molecule has 0 aliphatic carbocycles. The molecular weight excluding hydrogens is 346 g/mol. The van der Waals surface area contributed by atoms with E-state index in [-0.39, 0.29) is 5.92 Å². The van der Waals surface area contributed by atoms with Gasteiger partial charge in [-0.05, 0) is 45.8 Å². The molecule has 0 aliphatic heterocycles. The number of hydrogen-bond donors (Lipinski definition) is 1. The number of unbranched alkanes of at least 4 members (excludes halogenated alkanes) is 9. The SMILES string of the molecule is CCCCCCCCCC(CCCCCC)C(CCN(C)C)S(=O)(=O)O. The van der Waals surface area contributed by atoms with Crippen LogP contribution in [0, 0.1) is 5.92 Å². The van der Waals surface area contributed by atoms with Crippen molar-refractivity contribution in [1.82, 2.24) is 4.90 Å². The molecule has 0 rings (SSSR count). The topological polar surface area (TPSA) is 57.6 Å². The largest absolute Gasteiger partial charge is 0.309 e. The first kappa shape index (κ1) is 25.9. The van der Waals surface area contributed by atoms with Crippen LogP contribution in [0.3, 0.4) is 0 Å². The van der Waals surface area contributed by atoms with E-state index in [1.165, 1.54) is 51.4 Å². The van der Waals surface area contributed by atoms with Crippen LogP contribution in [0.25, 0.3) is 0 Å². The molecule has 0 aromatic heterocycles. The maximum absolute atomic E-state index is 12.0. The van der Waals surface area contributed by atoms with Crippen LogP contribution in [0.4, 0.5) is 0 Å². The van der Waals surface area contributed by atoms with Gasteiger partial charge in [-0.2, -0.15) is 8.42 Å². The molecule has 0 aromatic carbocycles. The molecule has 0 heterocycles. The van der Waals surface area contributed by atoms with Gasteiger partial charge in [-0.1, -0.05) is 84.5 Å². The van der Waals surface area contributed by atoms with Gasteiger partial charge in [0.2, 0.25) is 0 Å². The van der Waals surface area contributed by atoms with E-state index in [9.17, 15) is 13.0 Å². The summed E-state index contributed by atoms with van der Waals surface area (Å²) in [5, 5.41) is -0.605. The zero-order valence-corrected chi connectivity index (χ0v) is 18.7. The predicted molar refractivity (Wildman–Crippen MR) is 113 cm³/mol. The van der Waals surface area contributed by atoms with Crippen molar-refractivity contribution in [2.24, 2.45) is 5.92 Å². The van der Waals surface area contributed by atoms with Crippen LogP contribution < -0.4 is 0 Å². The minimum Gasteiger partial charge on any atom is -0.309 e. The summed E-state index contributed by atoms with van der Waals surface area (Å²) in [5.74, 6) is 0.0949. The molecule has 0 saturated carbocycles. The van der Waals surface area contributed by atoms with E-state index in [1.807, 2.05) is 19.0 Å². The Hall–Kier alpha value is -0.130. The molecule has 1 N–H and O–H groups in total. The first-order valence-electron chi connectivity index (χ1n) is 10.9. The molecule has 0 saturated heterocycles. The summed E-state index contributed by atoms with van der Waals surface area (Å²) in [6.45, 7) is 5.12. The van der Waals surface area contributed by atoms with Crippen molar-refractivity contribution in [3.8, 4) is 0 Å². The van der Waals surface area contributed by atoms with Crippen molar-refractivity contribution in [3.63, 3.8) is 0 Å². The average Bonchev–Trinajstić information content (AvgIpc) is 2.55. The zero-order chi connectivity index (χ0) is 19.8. The molecule has 0 aromatic rings. The second-order valence-corrected chi connectivity index (χ2v) is 9.80. The van der Waals surface area contributed by atoms with E-state index in [0.717, 1.165) is 32.1 Å². The number of rotatable bonds is 18. The zero-order valence-electron chi connectivity index (χ0n) is 17.9. The van der Waals surface area contributed by atoms with Gasteiger partial charge in [-0.3, -0.25) is 4.55 Å². The maximum Gasteiger partial charge on any atom is 0.268 e. The number of hydrogen-bond acceptors (Lipinski definition) is 3. The molecule has 5 heteroatoms. The predicted octanol–water partition coefficient (Wildman–Crippen LogP) is 5.92. The van der Waals surface area contributed by atoms with Crippen LogP contribution in [0.5, 0.6) is 0 Å². The average molecular weight is 392 g/mol. The molecule has 2 unspecified atom stereocenters. The minimum absolute atomic E-state index is 0.0949. The van der Waals surface area contributed by atoms with Crippen molar-refractivity contribution in [1.29, 1.82) is 0 Å². The number of nitrogens with zero attached hydrogens (tertiary/aromatic N) is 1. The summed E-state index contributed by atoms with van der Waals surface area (Å²) in [6.07, 6.45) is 15.7. The van der Waals surface area contributed by atoms with E-state index >= 15 is 0 Å². The lowest BCUT2D eigenvalue weighted by molar-refractivity contribution is 0.319. The normalized spacial score (nSPS) is 14.7. The molecule has 0 radical (unpaired) electrons.